The summed E-state index contributed by atoms with van der Waals surface area (Å²) in [5.41, 5.74) is 1.15. The molecule has 0 radical (unpaired) electrons. The lowest BCUT2D eigenvalue weighted by atomic mass is 10.1. The van der Waals surface area contributed by atoms with E-state index in [0.29, 0.717) is 0 Å². The molecule has 1 heterocycles. The topological polar surface area (TPSA) is 18.5 Å². The molecule has 1 aliphatic rings. The van der Waals surface area contributed by atoms with Crippen molar-refractivity contribution < 1.29 is 9.47 Å². The lowest BCUT2D eigenvalue weighted by Crippen LogP contribution is -1.99. The van der Waals surface area contributed by atoms with Crippen molar-refractivity contribution >= 4 is 15.9 Å². The minimum absolute atomic E-state index is 0.211. The summed E-state index contributed by atoms with van der Waals surface area (Å²) in [5.74, 6) is 0.917. The van der Waals surface area contributed by atoms with Gasteiger partial charge in [0.25, 0.3) is 0 Å². The number of hydrogen-bond acceptors (Lipinski definition) is 2. The summed E-state index contributed by atoms with van der Waals surface area (Å²) in [6.07, 6.45) is 2.44. The molecule has 2 nitrogen and oxygen atoms in total. The van der Waals surface area contributed by atoms with Crippen molar-refractivity contribution in [3.05, 3.63) is 28.2 Å². The first-order valence-electron chi connectivity index (χ1n) is 4.76. The fraction of sp³-hybridized carbons (Fsp3) is 0.455. The van der Waals surface area contributed by atoms with Gasteiger partial charge in [0, 0.05) is 16.6 Å². The third-order valence-electron chi connectivity index (χ3n) is 2.47. The number of halogens is 1. The van der Waals surface area contributed by atoms with Gasteiger partial charge >= 0.3 is 0 Å². The smallest absolute Gasteiger partial charge is 0.124 e. The molecule has 0 bridgehead atoms. The molecule has 0 aliphatic carbocycles. The fourth-order valence-corrected chi connectivity index (χ4v) is 2.16. The molecule has 0 amide bonds. The van der Waals surface area contributed by atoms with Gasteiger partial charge in [-0.15, -0.1) is 0 Å². The van der Waals surface area contributed by atoms with Crippen LogP contribution < -0.4 is 4.74 Å². The summed E-state index contributed by atoms with van der Waals surface area (Å²) >= 11 is 3.46. The van der Waals surface area contributed by atoms with E-state index in [-0.39, 0.29) is 6.10 Å². The fourth-order valence-electron chi connectivity index (χ4n) is 1.78. The van der Waals surface area contributed by atoms with Crippen molar-refractivity contribution in [3.63, 3.8) is 0 Å². The molecule has 0 N–H and O–H groups in total. The maximum Gasteiger partial charge on any atom is 0.124 e. The molecule has 0 saturated carbocycles. The van der Waals surface area contributed by atoms with Crippen LogP contribution in [-0.4, -0.2) is 13.7 Å². The van der Waals surface area contributed by atoms with Crippen LogP contribution in [0.25, 0.3) is 0 Å². The Morgan fingerprint density at radius 2 is 2.36 bits per heavy atom. The zero-order chi connectivity index (χ0) is 9.97. The average molecular weight is 257 g/mol. The first-order valence-corrected chi connectivity index (χ1v) is 5.55. The van der Waals surface area contributed by atoms with Gasteiger partial charge in [-0.2, -0.15) is 0 Å². The summed E-state index contributed by atoms with van der Waals surface area (Å²) in [5, 5.41) is 0. The predicted octanol–water partition coefficient (Wildman–Crippen LogP) is 3.31. The Hall–Kier alpha value is -0.540. The van der Waals surface area contributed by atoms with E-state index >= 15 is 0 Å². The first kappa shape index (κ1) is 9.99. The Bertz CT molecular complexity index is 319. The second kappa shape index (κ2) is 4.32. The standard InChI is InChI=1S/C11H13BrO2/c1-13-10-5-4-8(12)7-9(10)11-3-2-6-14-11/h4-5,7,11H,2-3,6H2,1H3. The summed E-state index contributed by atoms with van der Waals surface area (Å²) in [6, 6.07) is 6.03. The van der Waals surface area contributed by atoms with Crippen molar-refractivity contribution in [2.45, 2.75) is 18.9 Å². The minimum Gasteiger partial charge on any atom is -0.496 e. The van der Waals surface area contributed by atoms with E-state index in [4.69, 9.17) is 9.47 Å². The van der Waals surface area contributed by atoms with Gasteiger partial charge in [0.05, 0.1) is 13.2 Å². The molecule has 1 aromatic rings. The summed E-state index contributed by atoms with van der Waals surface area (Å²) in [7, 11) is 1.70. The van der Waals surface area contributed by atoms with Crippen LogP contribution in [0, 0.1) is 0 Å². The van der Waals surface area contributed by atoms with E-state index in [1.165, 1.54) is 0 Å². The van der Waals surface area contributed by atoms with Crippen LogP contribution in [0.4, 0.5) is 0 Å². The number of benzene rings is 1. The van der Waals surface area contributed by atoms with Crippen LogP contribution in [0.15, 0.2) is 22.7 Å². The quantitative estimate of drug-likeness (QED) is 0.809. The van der Waals surface area contributed by atoms with E-state index in [1.807, 2.05) is 12.1 Å². The minimum atomic E-state index is 0.211. The predicted molar refractivity (Wildman–Crippen MR) is 58.6 cm³/mol. The summed E-state index contributed by atoms with van der Waals surface area (Å²) in [4.78, 5) is 0. The van der Waals surface area contributed by atoms with E-state index in [9.17, 15) is 0 Å². The van der Waals surface area contributed by atoms with Crippen LogP contribution >= 0.6 is 15.9 Å². The highest BCUT2D eigenvalue weighted by Crippen LogP contribution is 2.36. The SMILES string of the molecule is COc1ccc(Br)cc1C1CCCO1. The molecule has 76 valence electrons. The van der Waals surface area contributed by atoms with E-state index in [1.54, 1.807) is 7.11 Å². The molecule has 1 atom stereocenters. The lowest BCUT2D eigenvalue weighted by Gasteiger charge is -2.14. The lowest BCUT2D eigenvalue weighted by molar-refractivity contribution is 0.109. The monoisotopic (exact) mass is 256 g/mol. The van der Waals surface area contributed by atoms with Crippen molar-refractivity contribution in [1.82, 2.24) is 0 Å². The summed E-state index contributed by atoms with van der Waals surface area (Å²) < 4.78 is 12.0. The Labute approximate surface area is 92.3 Å². The molecule has 2 rings (SSSR count). The van der Waals surface area contributed by atoms with Gasteiger partial charge in [-0.05, 0) is 31.0 Å². The zero-order valence-corrected chi connectivity index (χ0v) is 9.71. The van der Waals surface area contributed by atoms with E-state index < -0.39 is 0 Å². The van der Waals surface area contributed by atoms with Crippen molar-refractivity contribution in [3.8, 4) is 5.75 Å². The van der Waals surface area contributed by atoms with Crippen molar-refractivity contribution in [2.24, 2.45) is 0 Å². The van der Waals surface area contributed by atoms with E-state index in [0.717, 1.165) is 35.2 Å². The van der Waals surface area contributed by atoms with Crippen LogP contribution in [0.2, 0.25) is 0 Å². The number of hydrogen-bond donors (Lipinski definition) is 0. The molecular formula is C11H13BrO2. The van der Waals surface area contributed by atoms with Gasteiger partial charge in [0.15, 0.2) is 0 Å². The van der Waals surface area contributed by atoms with Gasteiger partial charge in [-0.25, -0.2) is 0 Å². The van der Waals surface area contributed by atoms with Crippen LogP contribution in [0.1, 0.15) is 24.5 Å². The van der Waals surface area contributed by atoms with E-state index in [2.05, 4.69) is 22.0 Å². The van der Waals surface area contributed by atoms with Crippen molar-refractivity contribution in [2.75, 3.05) is 13.7 Å². The average Bonchev–Trinajstić information content (AvgIpc) is 2.70. The van der Waals surface area contributed by atoms with Crippen LogP contribution in [-0.2, 0) is 4.74 Å². The number of ether oxygens (including phenoxy) is 2. The molecule has 3 heteroatoms. The molecular weight excluding hydrogens is 244 g/mol. The van der Waals surface area contributed by atoms with Crippen LogP contribution in [0.5, 0.6) is 5.75 Å². The van der Waals surface area contributed by atoms with Gasteiger partial charge in [0.1, 0.15) is 5.75 Å². The van der Waals surface area contributed by atoms with Gasteiger partial charge < -0.3 is 9.47 Å². The van der Waals surface area contributed by atoms with Crippen molar-refractivity contribution in [1.29, 1.82) is 0 Å². The Kier molecular flexibility index (Phi) is 3.08. The Balaban J connectivity index is 2.33. The highest BCUT2D eigenvalue weighted by Gasteiger charge is 2.21. The van der Waals surface area contributed by atoms with Gasteiger partial charge in [-0.1, -0.05) is 15.9 Å². The van der Waals surface area contributed by atoms with Gasteiger partial charge in [0.2, 0.25) is 0 Å². The Morgan fingerprint density at radius 1 is 1.50 bits per heavy atom. The highest BCUT2D eigenvalue weighted by molar-refractivity contribution is 9.10. The van der Waals surface area contributed by atoms with Gasteiger partial charge in [-0.3, -0.25) is 0 Å². The molecule has 14 heavy (non-hydrogen) atoms. The first-order chi connectivity index (χ1) is 6.81. The molecule has 0 aromatic heterocycles. The highest BCUT2D eigenvalue weighted by atomic mass is 79.9. The second-order valence-electron chi connectivity index (χ2n) is 3.39. The normalized spacial score (nSPS) is 21.1. The molecule has 1 unspecified atom stereocenters. The Morgan fingerprint density at radius 3 is 3.00 bits per heavy atom. The maximum atomic E-state index is 5.64. The molecule has 1 aliphatic heterocycles. The third kappa shape index (κ3) is 1.93. The largest absolute Gasteiger partial charge is 0.496 e. The third-order valence-corrected chi connectivity index (χ3v) is 2.96. The molecule has 1 aromatic carbocycles. The second-order valence-corrected chi connectivity index (χ2v) is 4.30. The molecule has 0 spiro atoms. The van der Waals surface area contributed by atoms with Crippen LogP contribution in [0.3, 0.4) is 0 Å². The summed E-state index contributed by atoms with van der Waals surface area (Å²) in [6.45, 7) is 0.861. The maximum absolute atomic E-state index is 5.64. The zero-order valence-electron chi connectivity index (χ0n) is 8.13. The molecule has 1 saturated heterocycles. The molecule has 1 fully saturated rings. The number of methoxy groups -OCH3 is 1. The number of rotatable bonds is 2.